The van der Waals surface area contributed by atoms with Crippen LogP contribution in [0.3, 0.4) is 0 Å². The highest BCUT2D eigenvalue weighted by molar-refractivity contribution is 5.89. The fourth-order valence-corrected chi connectivity index (χ4v) is 8.69. The highest BCUT2D eigenvalue weighted by Gasteiger charge is 2.26. The van der Waals surface area contributed by atoms with Crippen LogP contribution in [0.2, 0.25) is 0 Å². The van der Waals surface area contributed by atoms with Gasteiger partial charge in [-0.1, -0.05) is 152 Å². The number of hydrogen-bond donors (Lipinski definition) is 0. The minimum absolute atomic E-state index is 0.539. The topological polar surface area (TPSA) is 6.48 Å². The monoisotopic (exact) mass is 744 g/mol. The molecule has 0 bridgehead atoms. The van der Waals surface area contributed by atoms with E-state index >= 15 is 0 Å². The third-order valence-electron chi connectivity index (χ3n) is 11.6. The second kappa shape index (κ2) is 15.8. The van der Waals surface area contributed by atoms with Crippen LogP contribution in [0.4, 0.5) is 28.4 Å². The van der Waals surface area contributed by atoms with E-state index in [2.05, 4.69) is 234 Å². The van der Waals surface area contributed by atoms with Gasteiger partial charge in [-0.15, -0.1) is 0 Å². The molecule has 0 radical (unpaired) electrons. The number of rotatable bonds is 9. The lowest BCUT2D eigenvalue weighted by Gasteiger charge is -2.34. The smallest absolute Gasteiger partial charge is 0.0493 e. The van der Waals surface area contributed by atoms with Crippen molar-refractivity contribution in [3.63, 3.8) is 0 Å². The molecule has 2 aliphatic rings. The summed E-state index contributed by atoms with van der Waals surface area (Å²) >= 11 is 0. The second-order valence-electron chi connectivity index (χ2n) is 15.3. The number of allylic oxidation sites excluding steroid dienone is 5. The van der Waals surface area contributed by atoms with Crippen LogP contribution in [0.1, 0.15) is 19.3 Å². The molecule has 8 aromatic rings. The van der Waals surface area contributed by atoms with Crippen molar-refractivity contribution in [3.05, 3.63) is 236 Å². The molecule has 1 unspecified atom stereocenters. The maximum atomic E-state index is 2.46. The molecule has 0 aromatic heterocycles. The summed E-state index contributed by atoms with van der Waals surface area (Å²) < 4.78 is 0. The zero-order valence-corrected chi connectivity index (χ0v) is 32.5. The Bertz CT molecular complexity index is 2720. The van der Waals surface area contributed by atoms with Crippen LogP contribution in [0.25, 0.3) is 44.2 Å². The average molecular weight is 745 g/mol. The van der Waals surface area contributed by atoms with Crippen LogP contribution < -0.4 is 9.80 Å². The first-order valence-corrected chi connectivity index (χ1v) is 20.4. The second-order valence-corrected chi connectivity index (χ2v) is 15.3. The van der Waals surface area contributed by atoms with Gasteiger partial charge in [-0.25, -0.2) is 0 Å². The van der Waals surface area contributed by atoms with E-state index in [-0.39, 0.29) is 0 Å². The predicted octanol–water partition coefficient (Wildman–Crippen LogP) is 15.6. The van der Waals surface area contributed by atoms with Gasteiger partial charge in [-0.05, 0) is 148 Å². The quantitative estimate of drug-likeness (QED) is 0.145. The molecule has 0 aliphatic heterocycles. The van der Waals surface area contributed by atoms with E-state index in [9.17, 15) is 0 Å². The Morgan fingerprint density at radius 2 is 0.845 bits per heavy atom. The van der Waals surface area contributed by atoms with E-state index in [4.69, 9.17) is 0 Å². The van der Waals surface area contributed by atoms with E-state index in [1.807, 2.05) is 0 Å². The molecule has 8 aromatic carbocycles. The summed E-state index contributed by atoms with van der Waals surface area (Å²) in [5, 5.41) is 2.48. The SMILES string of the molecule is C1=CC2=C(N(c3ccc(N(c4ccc(-c5ccccc5)cc4)c4cc(-c5ccccc5)cc(-c5ccccc5)c4)cc3)c3ccc4ccccc4c3)C=CCC2CC1. The summed E-state index contributed by atoms with van der Waals surface area (Å²) in [6, 6.07) is 72.7. The Kier molecular flexibility index (Phi) is 9.59. The molecule has 0 N–H and O–H groups in total. The molecule has 0 heterocycles. The molecule has 0 saturated heterocycles. The lowest BCUT2D eigenvalue weighted by molar-refractivity contribution is 0.559. The summed E-state index contributed by atoms with van der Waals surface area (Å²) in [5.41, 5.74) is 15.4. The van der Waals surface area contributed by atoms with E-state index in [0.29, 0.717) is 5.92 Å². The Hall–Kier alpha value is -7.16. The Morgan fingerprint density at radius 3 is 1.47 bits per heavy atom. The molecule has 2 heteroatoms. The van der Waals surface area contributed by atoms with Gasteiger partial charge in [-0.3, -0.25) is 0 Å². The molecule has 58 heavy (non-hydrogen) atoms. The molecule has 1 atom stereocenters. The average Bonchev–Trinajstić information content (AvgIpc) is 3.31. The van der Waals surface area contributed by atoms with Crippen LogP contribution in [0.5, 0.6) is 0 Å². The summed E-state index contributed by atoms with van der Waals surface area (Å²) in [6.45, 7) is 0. The molecule has 278 valence electrons. The van der Waals surface area contributed by atoms with Crippen molar-refractivity contribution in [2.45, 2.75) is 19.3 Å². The lowest BCUT2D eigenvalue weighted by atomic mass is 9.82. The van der Waals surface area contributed by atoms with Crippen molar-refractivity contribution in [1.29, 1.82) is 0 Å². The van der Waals surface area contributed by atoms with Gasteiger partial charge < -0.3 is 9.80 Å². The summed E-state index contributed by atoms with van der Waals surface area (Å²) in [6.07, 6.45) is 12.9. The normalized spacial score (nSPS) is 14.7. The molecular weight excluding hydrogens is 701 g/mol. The van der Waals surface area contributed by atoms with Crippen LogP contribution >= 0.6 is 0 Å². The van der Waals surface area contributed by atoms with Crippen molar-refractivity contribution in [3.8, 4) is 33.4 Å². The van der Waals surface area contributed by atoms with Crippen molar-refractivity contribution in [2.24, 2.45) is 5.92 Å². The standard InChI is InChI=1S/C56H44N2/c1-4-15-41(16-5-1)45-27-30-50(31-28-45)57(54-39-48(42-17-6-2-7-18-42)37-49(40-54)43-19-8-3-9-20-43)51-33-35-52(36-34-51)58(53-32-29-44-21-10-11-23-47(44)38-53)56-26-14-24-46-22-12-13-25-55(46)56/h1-11,13-21,23,25-40,46H,12,22,24H2. The van der Waals surface area contributed by atoms with Crippen molar-refractivity contribution >= 4 is 39.2 Å². The zero-order valence-electron chi connectivity index (χ0n) is 32.5. The van der Waals surface area contributed by atoms with Crippen LogP contribution in [0, 0.1) is 5.92 Å². The Labute approximate surface area is 342 Å². The minimum atomic E-state index is 0.539. The molecule has 0 amide bonds. The lowest BCUT2D eigenvalue weighted by Crippen LogP contribution is -2.22. The van der Waals surface area contributed by atoms with Gasteiger partial charge in [-0.2, -0.15) is 0 Å². The number of fused-ring (bicyclic) bond motifs is 2. The molecular formula is C56H44N2. The molecule has 0 fully saturated rings. The van der Waals surface area contributed by atoms with Crippen molar-refractivity contribution < 1.29 is 0 Å². The summed E-state index contributed by atoms with van der Waals surface area (Å²) in [7, 11) is 0. The third-order valence-corrected chi connectivity index (χ3v) is 11.6. The maximum absolute atomic E-state index is 2.46. The van der Waals surface area contributed by atoms with Crippen molar-refractivity contribution in [2.75, 3.05) is 9.80 Å². The minimum Gasteiger partial charge on any atom is -0.310 e. The van der Waals surface area contributed by atoms with Gasteiger partial charge in [0.05, 0.1) is 0 Å². The van der Waals surface area contributed by atoms with Gasteiger partial charge in [0.1, 0.15) is 0 Å². The van der Waals surface area contributed by atoms with E-state index in [1.54, 1.807) is 0 Å². The van der Waals surface area contributed by atoms with Crippen LogP contribution in [-0.2, 0) is 0 Å². The molecule has 10 rings (SSSR count). The molecule has 2 nitrogen and oxygen atoms in total. The summed E-state index contributed by atoms with van der Waals surface area (Å²) in [5.74, 6) is 0.539. The van der Waals surface area contributed by atoms with Gasteiger partial charge in [0.25, 0.3) is 0 Å². The van der Waals surface area contributed by atoms with Gasteiger partial charge in [0.2, 0.25) is 0 Å². The number of nitrogens with zero attached hydrogens (tertiary/aromatic N) is 2. The number of hydrogen-bond acceptors (Lipinski definition) is 2. The molecule has 2 aliphatic carbocycles. The summed E-state index contributed by atoms with van der Waals surface area (Å²) in [4.78, 5) is 4.87. The first-order valence-electron chi connectivity index (χ1n) is 20.4. The highest BCUT2D eigenvalue weighted by Crippen LogP contribution is 2.44. The van der Waals surface area contributed by atoms with Crippen LogP contribution in [0.15, 0.2) is 236 Å². The van der Waals surface area contributed by atoms with Crippen LogP contribution in [-0.4, -0.2) is 0 Å². The predicted molar refractivity (Wildman–Crippen MR) is 246 cm³/mol. The largest absolute Gasteiger partial charge is 0.310 e. The Balaban J connectivity index is 1.13. The fraction of sp³-hybridized carbons (Fsp3) is 0.0714. The van der Waals surface area contributed by atoms with E-state index in [0.717, 1.165) is 41.3 Å². The van der Waals surface area contributed by atoms with Crippen molar-refractivity contribution in [1.82, 2.24) is 0 Å². The maximum Gasteiger partial charge on any atom is 0.0493 e. The Morgan fingerprint density at radius 1 is 0.345 bits per heavy atom. The first kappa shape index (κ1) is 35.3. The van der Waals surface area contributed by atoms with Gasteiger partial charge in [0, 0.05) is 34.1 Å². The number of anilines is 5. The highest BCUT2D eigenvalue weighted by atomic mass is 15.2. The first-order chi connectivity index (χ1) is 28.7. The van der Waals surface area contributed by atoms with Gasteiger partial charge in [0.15, 0.2) is 0 Å². The molecule has 0 saturated carbocycles. The fourth-order valence-electron chi connectivity index (χ4n) is 8.69. The third kappa shape index (κ3) is 7.06. The molecule has 0 spiro atoms. The van der Waals surface area contributed by atoms with Gasteiger partial charge >= 0.3 is 0 Å². The van der Waals surface area contributed by atoms with E-state index in [1.165, 1.54) is 61.8 Å². The number of benzene rings is 8. The van der Waals surface area contributed by atoms with E-state index < -0.39 is 0 Å². The zero-order chi connectivity index (χ0) is 38.7.